The molecule has 2 aromatic heterocycles. The van der Waals surface area contributed by atoms with Crippen LogP contribution in [-0.4, -0.2) is 25.1 Å². The van der Waals surface area contributed by atoms with E-state index in [2.05, 4.69) is 5.32 Å². The third-order valence-electron chi connectivity index (χ3n) is 4.66. The standard InChI is InChI=1S/C23H20N2O3S/c1-27-16-9-10-21(28-2)15(12-16)14-24-23(26)18-13-20(22-8-5-11-29-22)25-19-7-4-3-6-17(18)19/h3-13H,14H2,1-2H3,(H,24,26). The number of fused-ring (bicyclic) bond motifs is 1. The first-order valence-electron chi connectivity index (χ1n) is 9.12. The van der Waals surface area contributed by atoms with Crippen LogP contribution in [0.3, 0.4) is 0 Å². The summed E-state index contributed by atoms with van der Waals surface area (Å²) in [6.45, 7) is 0.324. The molecule has 0 atom stereocenters. The predicted molar refractivity (Wildman–Crippen MR) is 116 cm³/mol. The molecule has 4 aromatic rings. The summed E-state index contributed by atoms with van der Waals surface area (Å²) in [6, 6.07) is 19.0. The maximum atomic E-state index is 13.1. The van der Waals surface area contributed by atoms with Gasteiger partial charge in [0.2, 0.25) is 0 Å². The molecule has 0 spiro atoms. The van der Waals surface area contributed by atoms with E-state index in [0.29, 0.717) is 23.6 Å². The van der Waals surface area contributed by atoms with Crippen LogP contribution < -0.4 is 14.8 Å². The number of nitrogens with one attached hydrogen (secondary N) is 1. The Kier molecular flexibility index (Phi) is 5.44. The number of pyridine rings is 1. The minimum atomic E-state index is -0.161. The number of aromatic nitrogens is 1. The van der Waals surface area contributed by atoms with Crippen LogP contribution >= 0.6 is 11.3 Å². The zero-order chi connectivity index (χ0) is 20.2. The lowest BCUT2D eigenvalue weighted by Crippen LogP contribution is -2.23. The number of carbonyl (C=O) groups is 1. The Hall–Kier alpha value is -3.38. The summed E-state index contributed by atoms with van der Waals surface area (Å²) >= 11 is 1.60. The molecule has 0 radical (unpaired) electrons. The molecule has 1 amide bonds. The normalized spacial score (nSPS) is 10.7. The minimum Gasteiger partial charge on any atom is -0.497 e. The number of amides is 1. The molecule has 29 heavy (non-hydrogen) atoms. The van der Waals surface area contributed by atoms with Crippen LogP contribution in [0.2, 0.25) is 0 Å². The second-order valence-electron chi connectivity index (χ2n) is 6.41. The Bertz CT molecular complexity index is 1160. The Balaban J connectivity index is 1.67. The lowest BCUT2D eigenvalue weighted by Gasteiger charge is -2.13. The van der Waals surface area contributed by atoms with Gasteiger partial charge in [-0.25, -0.2) is 4.98 Å². The predicted octanol–water partition coefficient (Wildman–Crippen LogP) is 4.91. The molecular weight excluding hydrogens is 384 g/mol. The van der Waals surface area contributed by atoms with Gasteiger partial charge in [-0.15, -0.1) is 11.3 Å². The van der Waals surface area contributed by atoms with Gasteiger partial charge < -0.3 is 14.8 Å². The van der Waals surface area contributed by atoms with Crippen molar-refractivity contribution in [3.8, 4) is 22.1 Å². The number of hydrogen-bond donors (Lipinski definition) is 1. The van der Waals surface area contributed by atoms with Gasteiger partial charge in [0.05, 0.1) is 35.9 Å². The van der Waals surface area contributed by atoms with Gasteiger partial charge in [-0.05, 0) is 41.8 Å². The van der Waals surface area contributed by atoms with E-state index in [1.807, 2.05) is 66.0 Å². The molecule has 5 nitrogen and oxygen atoms in total. The van der Waals surface area contributed by atoms with Gasteiger partial charge in [-0.1, -0.05) is 24.3 Å². The van der Waals surface area contributed by atoms with Crippen molar-refractivity contribution >= 4 is 28.1 Å². The molecule has 0 aliphatic heterocycles. The van der Waals surface area contributed by atoms with Crippen molar-refractivity contribution in [3.63, 3.8) is 0 Å². The first kappa shape index (κ1) is 19.0. The number of rotatable bonds is 6. The molecule has 0 aliphatic rings. The summed E-state index contributed by atoms with van der Waals surface area (Å²) in [7, 11) is 3.22. The van der Waals surface area contributed by atoms with Crippen LogP contribution in [0.15, 0.2) is 66.0 Å². The molecule has 0 saturated carbocycles. The largest absolute Gasteiger partial charge is 0.497 e. The fourth-order valence-corrected chi connectivity index (χ4v) is 3.89. The lowest BCUT2D eigenvalue weighted by atomic mass is 10.1. The topological polar surface area (TPSA) is 60.5 Å². The van der Waals surface area contributed by atoms with Gasteiger partial charge in [0, 0.05) is 17.5 Å². The van der Waals surface area contributed by atoms with E-state index in [9.17, 15) is 4.79 Å². The highest BCUT2D eigenvalue weighted by Crippen LogP contribution is 2.28. The monoisotopic (exact) mass is 404 g/mol. The molecule has 0 aliphatic carbocycles. The molecule has 2 heterocycles. The van der Waals surface area contributed by atoms with Gasteiger partial charge in [0.25, 0.3) is 5.91 Å². The first-order valence-corrected chi connectivity index (χ1v) is 10.0. The van der Waals surface area contributed by atoms with Gasteiger partial charge in [0.15, 0.2) is 0 Å². The third-order valence-corrected chi connectivity index (χ3v) is 5.55. The second-order valence-corrected chi connectivity index (χ2v) is 7.36. The summed E-state index contributed by atoms with van der Waals surface area (Å²) in [4.78, 5) is 18.9. The summed E-state index contributed by atoms with van der Waals surface area (Å²) < 4.78 is 10.7. The summed E-state index contributed by atoms with van der Waals surface area (Å²) in [5, 5.41) is 5.83. The van der Waals surface area contributed by atoms with E-state index < -0.39 is 0 Å². The lowest BCUT2D eigenvalue weighted by molar-refractivity contribution is 0.0952. The number of hydrogen-bond acceptors (Lipinski definition) is 5. The number of carbonyl (C=O) groups excluding carboxylic acids is 1. The highest BCUT2D eigenvalue weighted by Gasteiger charge is 2.15. The maximum Gasteiger partial charge on any atom is 0.252 e. The highest BCUT2D eigenvalue weighted by molar-refractivity contribution is 7.13. The molecule has 2 aromatic carbocycles. The van der Waals surface area contributed by atoms with E-state index in [-0.39, 0.29) is 5.91 Å². The van der Waals surface area contributed by atoms with Crippen molar-refractivity contribution in [2.75, 3.05) is 14.2 Å². The molecule has 146 valence electrons. The molecule has 1 N–H and O–H groups in total. The van der Waals surface area contributed by atoms with Crippen molar-refractivity contribution in [1.82, 2.24) is 10.3 Å². The summed E-state index contributed by atoms with van der Waals surface area (Å²) in [6.07, 6.45) is 0. The van der Waals surface area contributed by atoms with Crippen LogP contribution in [0.25, 0.3) is 21.5 Å². The van der Waals surface area contributed by atoms with Crippen LogP contribution in [0.5, 0.6) is 11.5 Å². The molecular formula is C23H20N2O3S. The van der Waals surface area contributed by atoms with Crippen LogP contribution in [-0.2, 0) is 6.54 Å². The average molecular weight is 404 g/mol. The molecule has 0 bridgehead atoms. The van der Waals surface area contributed by atoms with Crippen molar-refractivity contribution in [2.24, 2.45) is 0 Å². The average Bonchev–Trinajstić information content (AvgIpc) is 3.31. The third kappa shape index (κ3) is 3.93. The quantitative estimate of drug-likeness (QED) is 0.496. The Morgan fingerprint density at radius 3 is 2.66 bits per heavy atom. The van der Waals surface area contributed by atoms with E-state index in [1.165, 1.54) is 0 Å². The smallest absolute Gasteiger partial charge is 0.252 e. The van der Waals surface area contributed by atoms with E-state index >= 15 is 0 Å². The highest BCUT2D eigenvalue weighted by atomic mass is 32.1. The van der Waals surface area contributed by atoms with Crippen molar-refractivity contribution < 1.29 is 14.3 Å². The summed E-state index contributed by atoms with van der Waals surface area (Å²) in [5.41, 5.74) is 3.03. The van der Waals surface area contributed by atoms with Gasteiger partial charge in [-0.2, -0.15) is 0 Å². The molecule has 0 fully saturated rings. The van der Waals surface area contributed by atoms with Crippen molar-refractivity contribution in [2.45, 2.75) is 6.54 Å². The minimum absolute atomic E-state index is 0.161. The van der Waals surface area contributed by atoms with Gasteiger partial charge in [0.1, 0.15) is 11.5 Å². The number of para-hydroxylation sites is 1. The Labute approximate surface area is 172 Å². The summed E-state index contributed by atoms with van der Waals surface area (Å²) in [5.74, 6) is 1.25. The molecule has 6 heteroatoms. The van der Waals surface area contributed by atoms with Gasteiger partial charge >= 0.3 is 0 Å². The first-order chi connectivity index (χ1) is 14.2. The number of nitrogens with zero attached hydrogens (tertiary/aromatic N) is 1. The van der Waals surface area contributed by atoms with Crippen molar-refractivity contribution in [3.05, 3.63) is 77.2 Å². The second kappa shape index (κ2) is 8.32. The van der Waals surface area contributed by atoms with Crippen molar-refractivity contribution in [1.29, 1.82) is 0 Å². The molecule has 0 saturated heterocycles. The van der Waals surface area contributed by atoms with Gasteiger partial charge in [-0.3, -0.25) is 4.79 Å². The fourth-order valence-electron chi connectivity index (χ4n) is 3.20. The van der Waals surface area contributed by atoms with Crippen LogP contribution in [0.1, 0.15) is 15.9 Å². The fraction of sp³-hybridized carbons (Fsp3) is 0.130. The van der Waals surface area contributed by atoms with Crippen LogP contribution in [0.4, 0.5) is 0 Å². The molecule has 4 rings (SSSR count). The molecule has 0 unspecified atom stereocenters. The zero-order valence-electron chi connectivity index (χ0n) is 16.1. The van der Waals surface area contributed by atoms with E-state index in [1.54, 1.807) is 25.6 Å². The van der Waals surface area contributed by atoms with Crippen LogP contribution in [0, 0.1) is 0 Å². The maximum absolute atomic E-state index is 13.1. The SMILES string of the molecule is COc1ccc(OC)c(CNC(=O)c2cc(-c3cccs3)nc3ccccc23)c1. The Morgan fingerprint density at radius 2 is 1.90 bits per heavy atom. The number of thiophene rings is 1. The van der Waals surface area contributed by atoms with E-state index in [0.717, 1.165) is 27.0 Å². The number of benzene rings is 2. The number of methoxy groups -OCH3 is 2. The number of ether oxygens (including phenoxy) is 2. The Morgan fingerprint density at radius 1 is 1.03 bits per heavy atom. The van der Waals surface area contributed by atoms with E-state index in [4.69, 9.17) is 14.5 Å². The zero-order valence-corrected chi connectivity index (χ0v) is 17.0.